The predicted octanol–water partition coefficient (Wildman–Crippen LogP) is 1.68. The van der Waals surface area contributed by atoms with E-state index >= 15 is 0 Å². The van der Waals surface area contributed by atoms with Crippen molar-refractivity contribution in [3.8, 4) is 5.69 Å². The topological polar surface area (TPSA) is 81.5 Å². The molecule has 0 N–H and O–H groups in total. The second kappa shape index (κ2) is 7.44. The molecule has 2 unspecified atom stereocenters. The molecule has 7 nitrogen and oxygen atoms in total. The minimum atomic E-state index is -3.10. The predicted molar refractivity (Wildman–Crippen MR) is 101 cm³/mol. The Morgan fingerprint density at radius 3 is 2.74 bits per heavy atom. The molecule has 2 fully saturated rings. The molecule has 2 aromatic rings. The van der Waals surface area contributed by atoms with Crippen LogP contribution in [-0.2, 0) is 14.6 Å². The van der Waals surface area contributed by atoms with Crippen LogP contribution < -0.4 is 0 Å². The van der Waals surface area contributed by atoms with Gasteiger partial charge in [0, 0.05) is 24.9 Å². The van der Waals surface area contributed by atoms with E-state index in [0.29, 0.717) is 25.3 Å². The van der Waals surface area contributed by atoms with Gasteiger partial charge in [-0.15, -0.1) is 0 Å². The molecule has 0 radical (unpaired) electrons. The molecule has 0 aliphatic carbocycles. The van der Waals surface area contributed by atoms with Crippen LogP contribution in [-0.4, -0.2) is 65.6 Å². The Hall–Kier alpha value is -2.19. The Balaban J connectivity index is 1.64. The average Bonchev–Trinajstić information content (AvgIpc) is 3.40. The van der Waals surface area contributed by atoms with Gasteiger partial charge >= 0.3 is 0 Å². The highest BCUT2D eigenvalue weighted by molar-refractivity contribution is 7.91. The second-order valence-corrected chi connectivity index (χ2v) is 9.36. The molecule has 0 spiro atoms. The summed E-state index contributed by atoms with van der Waals surface area (Å²) in [4.78, 5) is 19.2. The van der Waals surface area contributed by atoms with Crippen LogP contribution in [0, 0.1) is 0 Å². The molecule has 1 aromatic carbocycles. The highest BCUT2D eigenvalue weighted by atomic mass is 32.2. The van der Waals surface area contributed by atoms with Crippen LogP contribution in [0.15, 0.2) is 42.9 Å². The lowest BCUT2D eigenvalue weighted by Crippen LogP contribution is -2.45. The molecule has 27 heavy (non-hydrogen) atoms. The summed E-state index contributed by atoms with van der Waals surface area (Å²) in [6.45, 7) is 1.11. The number of carbonyl (C=O) groups is 1. The third kappa shape index (κ3) is 3.91. The van der Waals surface area contributed by atoms with E-state index in [9.17, 15) is 13.2 Å². The van der Waals surface area contributed by atoms with Crippen molar-refractivity contribution in [1.82, 2.24) is 14.5 Å². The summed E-state index contributed by atoms with van der Waals surface area (Å²) >= 11 is 0. The molecule has 2 saturated heterocycles. The SMILES string of the molecule is O=C(c1cncn1-c1ccccc1)N(CC1CCCO1)C1CCS(=O)(=O)C1. The fraction of sp³-hybridized carbons (Fsp3) is 0.474. The minimum absolute atomic E-state index is 0.0188. The highest BCUT2D eigenvalue weighted by Crippen LogP contribution is 2.24. The molecule has 2 atom stereocenters. The molecule has 3 heterocycles. The number of nitrogens with zero attached hydrogens (tertiary/aromatic N) is 3. The van der Waals surface area contributed by atoms with Crippen molar-refractivity contribution in [3.63, 3.8) is 0 Å². The molecule has 2 aliphatic rings. The molecule has 1 amide bonds. The van der Waals surface area contributed by atoms with Crippen LogP contribution in [0.1, 0.15) is 29.8 Å². The summed E-state index contributed by atoms with van der Waals surface area (Å²) in [5, 5.41) is 0. The fourth-order valence-electron chi connectivity index (χ4n) is 3.82. The van der Waals surface area contributed by atoms with Crippen LogP contribution in [0.5, 0.6) is 0 Å². The van der Waals surface area contributed by atoms with Gasteiger partial charge in [0.05, 0.1) is 30.1 Å². The summed E-state index contributed by atoms with van der Waals surface area (Å²) in [6, 6.07) is 9.21. The molecule has 8 heteroatoms. The molecule has 2 aliphatic heterocycles. The third-order valence-electron chi connectivity index (χ3n) is 5.23. The van der Waals surface area contributed by atoms with Crippen molar-refractivity contribution in [3.05, 3.63) is 48.5 Å². The minimum Gasteiger partial charge on any atom is -0.376 e. The monoisotopic (exact) mass is 389 g/mol. The normalized spacial score (nSPS) is 24.1. The number of amides is 1. The van der Waals surface area contributed by atoms with Crippen molar-refractivity contribution >= 4 is 15.7 Å². The van der Waals surface area contributed by atoms with Crippen molar-refractivity contribution in [2.75, 3.05) is 24.7 Å². The zero-order valence-corrected chi connectivity index (χ0v) is 15.8. The van der Waals surface area contributed by atoms with Crippen molar-refractivity contribution in [2.45, 2.75) is 31.4 Å². The number of aromatic nitrogens is 2. The van der Waals surface area contributed by atoms with Crippen molar-refractivity contribution in [1.29, 1.82) is 0 Å². The van der Waals surface area contributed by atoms with E-state index in [1.807, 2.05) is 30.3 Å². The van der Waals surface area contributed by atoms with E-state index in [1.165, 1.54) is 0 Å². The van der Waals surface area contributed by atoms with Gasteiger partial charge in [-0.3, -0.25) is 9.36 Å². The summed E-state index contributed by atoms with van der Waals surface area (Å²) < 4.78 is 31.4. The van der Waals surface area contributed by atoms with Crippen molar-refractivity contribution < 1.29 is 17.9 Å². The zero-order valence-electron chi connectivity index (χ0n) is 15.0. The van der Waals surface area contributed by atoms with Gasteiger partial charge in [0.1, 0.15) is 5.69 Å². The Labute approximate surface area is 158 Å². The maximum atomic E-state index is 13.4. The molecule has 1 aromatic heterocycles. The summed E-state index contributed by atoms with van der Waals surface area (Å²) in [5.41, 5.74) is 1.28. The summed E-state index contributed by atoms with van der Waals surface area (Å²) in [5.74, 6) is -0.0514. The van der Waals surface area contributed by atoms with Gasteiger partial charge in [-0.05, 0) is 31.4 Å². The van der Waals surface area contributed by atoms with Gasteiger partial charge in [0.2, 0.25) is 0 Å². The smallest absolute Gasteiger partial charge is 0.272 e. The van der Waals surface area contributed by atoms with Gasteiger partial charge in [-0.2, -0.15) is 0 Å². The van der Waals surface area contributed by atoms with E-state index in [-0.39, 0.29) is 29.6 Å². The van der Waals surface area contributed by atoms with Crippen LogP contribution in [0.4, 0.5) is 0 Å². The third-order valence-corrected chi connectivity index (χ3v) is 6.98. The van der Waals surface area contributed by atoms with E-state index in [1.54, 1.807) is 22.0 Å². The quantitative estimate of drug-likeness (QED) is 0.777. The van der Waals surface area contributed by atoms with E-state index < -0.39 is 9.84 Å². The number of rotatable bonds is 5. The Morgan fingerprint density at radius 1 is 1.26 bits per heavy atom. The first-order chi connectivity index (χ1) is 13.0. The largest absolute Gasteiger partial charge is 0.376 e. The van der Waals surface area contributed by atoms with E-state index in [4.69, 9.17) is 4.74 Å². The number of para-hydroxylation sites is 1. The Kier molecular flexibility index (Phi) is 5.01. The van der Waals surface area contributed by atoms with Gasteiger partial charge in [-0.25, -0.2) is 13.4 Å². The molecule has 4 rings (SSSR count). The van der Waals surface area contributed by atoms with Crippen LogP contribution in [0.25, 0.3) is 5.69 Å². The molecule has 144 valence electrons. The maximum Gasteiger partial charge on any atom is 0.272 e. The lowest BCUT2D eigenvalue weighted by molar-refractivity contribution is 0.0435. The maximum absolute atomic E-state index is 13.4. The lowest BCUT2D eigenvalue weighted by Gasteiger charge is -2.30. The number of carbonyl (C=O) groups excluding carboxylic acids is 1. The lowest BCUT2D eigenvalue weighted by atomic mass is 10.1. The van der Waals surface area contributed by atoms with Gasteiger partial charge in [-0.1, -0.05) is 18.2 Å². The summed E-state index contributed by atoms with van der Waals surface area (Å²) in [7, 11) is -3.10. The van der Waals surface area contributed by atoms with E-state index in [2.05, 4.69) is 4.98 Å². The first kappa shape index (κ1) is 18.2. The number of benzene rings is 1. The van der Waals surface area contributed by atoms with E-state index in [0.717, 1.165) is 18.5 Å². The number of imidazole rings is 1. The number of sulfone groups is 1. The van der Waals surface area contributed by atoms with Crippen molar-refractivity contribution in [2.24, 2.45) is 0 Å². The zero-order chi connectivity index (χ0) is 18.9. The molecule has 0 bridgehead atoms. The number of hydrogen-bond acceptors (Lipinski definition) is 5. The van der Waals surface area contributed by atoms with Gasteiger partial charge in [0.25, 0.3) is 5.91 Å². The summed E-state index contributed by atoms with van der Waals surface area (Å²) in [6.07, 6.45) is 5.45. The van der Waals surface area contributed by atoms with Crippen LogP contribution in [0.2, 0.25) is 0 Å². The Morgan fingerprint density at radius 2 is 2.07 bits per heavy atom. The molecule has 0 saturated carbocycles. The number of ether oxygens (including phenoxy) is 1. The molecular formula is C19H23N3O4S. The Bertz CT molecular complexity index is 904. The second-order valence-electron chi connectivity index (χ2n) is 7.13. The van der Waals surface area contributed by atoms with Crippen LogP contribution >= 0.6 is 0 Å². The van der Waals surface area contributed by atoms with Crippen LogP contribution in [0.3, 0.4) is 0 Å². The average molecular weight is 389 g/mol. The first-order valence-electron chi connectivity index (χ1n) is 9.24. The number of hydrogen-bond donors (Lipinski definition) is 0. The standard InChI is InChI=1S/C19H23N3O4S/c23-19(18-11-20-14-22(18)15-5-2-1-3-6-15)21(12-17-7-4-9-26-17)16-8-10-27(24,25)13-16/h1-3,5-6,11,14,16-17H,4,7-10,12-13H2. The van der Waals surface area contributed by atoms with Gasteiger partial charge in [0.15, 0.2) is 9.84 Å². The van der Waals surface area contributed by atoms with Gasteiger partial charge < -0.3 is 9.64 Å². The molecular weight excluding hydrogens is 366 g/mol. The highest BCUT2D eigenvalue weighted by Gasteiger charge is 2.37. The fourth-order valence-corrected chi connectivity index (χ4v) is 5.55. The first-order valence-corrected chi connectivity index (χ1v) is 11.1.